The van der Waals surface area contributed by atoms with E-state index in [1.807, 2.05) is 30.3 Å². The van der Waals surface area contributed by atoms with Crippen LogP contribution in [0.2, 0.25) is 0 Å². The molecular formula is C24H14F5IrN6. The van der Waals surface area contributed by atoms with E-state index in [9.17, 15) is 22.0 Å². The van der Waals surface area contributed by atoms with E-state index in [-0.39, 0.29) is 31.5 Å². The van der Waals surface area contributed by atoms with E-state index < -0.39 is 23.6 Å². The zero-order chi connectivity index (χ0) is 24.8. The molecule has 0 atom stereocenters. The van der Waals surface area contributed by atoms with Gasteiger partial charge in [0.1, 0.15) is 11.9 Å². The zero-order valence-electron chi connectivity index (χ0n) is 18.0. The maximum absolute atomic E-state index is 13.1. The summed E-state index contributed by atoms with van der Waals surface area (Å²) in [5, 5.41) is 5.59. The zero-order valence-corrected chi connectivity index (χ0v) is 20.4. The van der Waals surface area contributed by atoms with Gasteiger partial charge in [0.2, 0.25) is 0 Å². The number of hydrogen-bond acceptors (Lipinski definition) is 6. The van der Waals surface area contributed by atoms with E-state index in [0.29, 0.717) is 5.69 Å². The van der Waals surface area contributed by atoms with Gasteiger partial charge in [0, 0.05) is 18.1 Å². The number of rotatable bonds is 3. The summed E-state index contributed by atoms with van der Waals surface area (Å²) in [5.74, 6) is -1.74. The van der Waals surface area contributed by atoms with Gasteiger partial charge in [-0.15, -0.1) is 18.8 Å². The van der Waals surface area contributed by atoms with Crippen molar-refractivity contribution < 1.29 is 42.1 Å². The second kappa shape index (κ2) is 11.8. The van der Waals surface area contributed by atoms with Crippen LogP contribution in [-0.4, -0.2) is 21.3 Å². The van der Waals surface area contributed by atoms with Crippen LogP contribution in [0.3, 0.4) is 0 Å². The number of anilines is 2. The van der Waals surface area contributed by atoms with Gasteiger partial charge < -0.3 is 9.91 Å². The maximum atomic E-state index is 13.1. The molecule has 5 rings (SSSR count). The van der Waals surface area contributed by atoms with Gasteiger partial charge in [-0.1, -0.05) is 41.1 Å². The SMILES string of the molecule is FC(F)(F)c1c[c-]c(N2[CH-]N(c3ccccc3)C=N2)cc1.Fc1c[c-]c(-c2ncccn2)c(F)n1.[Ir+3]. The van der Waals surface area contributed by atoms with Crippen molar-refractivity contribution in [2.45, 2.75) is 6.18 Å². The normalized spacial score (nSPS) is 12.6. The summed E-state index contributed by atoms with van der Waals surface area (Å²) in [6, 6.07) is 20.3. The summed E-state index contributed by atoms with van der Waals surface area (Å²) in [5.41, 5.74) is 0.592. The summed E-state index contributed by atoms with van der Waals surface area (Å²) < 4.78 is 63.0. The molecule has 0 N–H and O–H groups in total. The summed E-state index contributed by atoms with van der Waals surface area (Å²) in [4.78, 5) is 12.4. The van der Waals surface area contributed by atoms with Crippen molar-refractivity contribution in [1.29, 1.82) is 0 Å². The average Bonchev–Trinajstić information content (AvgIpc) is 3.36. The molecule has 12 heteroatoms. The molecule has 4 aromatic rings. The van der Waals surface area contributed by atoms with Crippen LogP contribution in [-0.2, 0) is 26.3 Å². The van der Waals surface area contributed by atoms with E-state index in [4.69, 9.17) is 0 Å². The average molecular weight is 674 g/mol. The molecule has 2 aromatic carbocycles. The maximum Gasteiger partial charge on any atom is 3.00 e. The predicted molar refractivity (Wildman–Crippen MR) is 118 cm³/mol. The van der Waals surface area contributed by atoms with Gasteiger partial charge in [-0.05, 0) is 18.2 Å². The van der Waals surface area contributed by atoms with Crippen molar-refractivity contribution in [3.63, 3.8) is 0 Å². The molecule has 0 saturated heterocycles. The van der Waals surface area contributed by atoms with Gasteiger partial charge in [-0.2, -0.15) is 36.5 Å². The molecule has 184 valence electrons. The third-order valence-corrected chi connectivity index (χ3v) is 4.50. The summed E-state index contributed by atoms with van der Waals surface area (Å²) in [6.07, 6.45) is 0.141. The van der Waals surface area contributed by atoms with Crippen LogP contribution in [0.15, 0.2) is 78.2 Å². The van der Waals surface area contributed by atoms with E-state index in [2.05, 4.69) is 32.2 Å². The molecule has 0 bridgehead atoms. The smallest absolute Gasteiger partial charge is 0.463 e. The first-order valence-corrected chi connectivity index (χ1v) is 9.93. The molecule has 36 heavy (non-hydrogen) atoms. The molecule has 1 aliphatic rings. The van der Waals surface area contributed by atoms with Crippen LogP contribution in [0, 0.1) is 30.7 Å². The standard InChI is InChI=1S/C15H10F3N3.C9H4F2N3.Ir/c16-15(17,18)12-6-8-14(9-7-12)21-11-20(10-19-21)13-4-2-1-3-5-13;10-7-3-2-6(8(11)14-7)9-12-4-1-5-13-9;/h1-8,10-11H;1,3-5H;/q-2;-1;+3. The fourth-order valence-corrected chi connectivity index (χ4v) is 2.84. The fourth-order valence-electron chi connectivity index (χ4n) is 2.84. The van der Waals surface area contributed by atoms with Gasteiger partial charge in [-0.25, -0.2) is 8.78 Å². The van der Waals surface area contributed by atoms with Gasteiger partial charge in [-0.3, -0.25) is 15.0 Å². The van der Waals surface area contributed by atoms with Crippen LogP contribution in [0.5, 0.6) is 0 Å². The van der Waals surface area contributed by atoms with Crippen LogP contribution in [0.25, 0.3) is 11.4 Å². The quantitative estimate of drug-likeness (QED) is 0.163. The monoisotopic (exact) mass is 674 g/mol. The van der Waals surface area contributed by atoms with Gasteiger partial charge in [0.05, 0.1) is 12.2 Å². The third kappa shape index (κ3) is 6.67. The Morgan fingerprint density at radius 3 is 2.19 bits per heavy atom. The number of hydrazone groups is 1. The number of pyridine rings is 1. The Labute approximate surface area is 216 Å². The van der Waals surface area contributed by atoms with Crippen molar-refractivity contribution in [1.82, 2.24) is 15.0 Å². The first-order chi connectivity index (χ1) is 16.8. The number of hydrogen-bond donors (Lipinski definition) is 0. The Bertz CT molecular complexity index is 1290. The first kappa shape index (κ1) is 26.8. The Hall–Kier alpha value is -3.76. The molecule has 1 aliphatic heterocycles. The predicted octanol–water partition coefficient (Wildman–Crippen LogP) is 5.51. The molecular weight excluding hydrogens is 660 g/mol. The van der Waals surface area contributed by atoms with Crippen molar-refractivity contribution in [2.75, 3.05) is 9.91 Å². The first-order valence-electron chi connectivity index (χ1n) is 9.93. The molecule has 0 spiro atoms. The van der Waals surface area contributed by atoms with E-state index >= 15 is 0 Å². The Morgan fingerprint density at radius 2 is 1.58 bits per heavy atom. The van der Waals surface area contributed by atoms with Crippen LogP contribution in [0.4, 0.5) is 33.3 Å². The van der Waals surface area contributed by atoms with Gasteiger partial charge in [0.15, 0.2) is 0 Å². The summed E-state index contributed by atoms with van der Waals surface area (Å²) in [6.45, 7) is 1.68. The van der Waals surface area contributed by atoms with E-state index in [0.717, 1.165) is 23.9 Å². The third-order valence-electron chi connectivity index (χ3n) is 4.50. The van der Waals surface area contributed by atoms with Crippen molar-refractivity contribution in [2.24, 2.45) is 5.10 Å². The van der Waals surface area contributed by atoms with Gasteiger partial charge in [0.25, 0.3) is 0 Å². The van der Waals surface area contributed by atoms with Crippen LogP contribution in [0.1, 0.15) is 5.56 Å². The molecule has 0 unspecified atom stereocenters. The Morgan fingerprint density at radius 1 is 0.861 bits per heavy atom. The van der Waals surface area contributed by atoms with Gasteiger partial charge >= 0.3 is 26.3 Å². The minimum atomic E-state index is -4.36. The number of alkyl halides is 3. The molecule has 0 radical (unpaired) electrons. The Balaban J connectivity index is 0.000000210. The second-order valence-corrected chi connectivity index (χ2v) is 6.86. The number of aromatic nitrogens is 3. The Kier molecular flexibility index (Phi) is 8.78. The number of benzene rings is 2. The number of para-hydroxylation sites is 1. The molecule has 0 aliphatic carbocycles. The molecule has 0 saturated carbocycles. The fraction of sp³-hybridized carbons (Fsp3) is 0.0417. The molecule has 2 aromatic heterocycles. The van der Waals surface area contributed by atoms with Crippen molar-refractivity contribution in [3.05, 3.63) is 109 Å². The number of halogens is 5. The molecule has 0 amide bonds. The van der Waals surface area contributed by atoms with E-state index in [1.54, 1.807) is 24.0 Å². The van der Waals surface area contributed by atoms with Crippen LogP contribution >= 0.6 is 0 Å². The number of nitrogens with zero attached hydrogens (tertiary/aromatic N) is 6. The molecule has 0 fully saturated rings. The van der Waals surface area contributed by atoms with Crippen molar-refractivity contribution in [3.8, 4) is 11.4 Å². The minimum Gasteiger partial charge on any atom is -0.463 e. The minimum absolute atomic E-state index is 0. The molecule has 3 heterocycles. The van der Waals surface area contributed by atoms with Crippen LogP contribution < -0.4 is 9.91 Å². The second-order valence-electron chi connectivity index (χ2n) is 6.86. The molecule has 6 nitrogen and oxygen atoms in total. The summed E-state index contributed by atoms with van der Waals surface area (Å²) >= 11 is 0. The summed E-state index contributed by atoms with van der Waals surface area (Å²) in [7, 11) is 0. The largest absolute Gasteiger partial charge is 3.00 e. The van der Waals surface area contributed by atoms with Crippen molar-refractivity contribution >= 4 is 17.7 Å². The topological polar surface area (TPSA) is 57.5 Å². The van der Waals surface area contributed by atoms with E-state index in [1.165, 1.54) is 23.5 Å².